The standard InChI is InChI=1S/C30H20OP.C17H10NS.Ir/c31-32(28-16-13-22-7-1-4-10-25(22)19-28,29-17-14-23-8-2-5-11-26(23)20-29)30-18-15-24-9-3-6-12-27(24)21-30;1-2-10-16-12(6-1)13-7-5-8-14(17(13)19-16)15-9-3-4-11-18-15;/h1-17,19-21H;1-7,9-11H;/q2*-1;. The molecule has 0 unspecified atom stereocenters. The van der Waals surface area contributed by atoms with E-state index in [0.717, 1.165) is 59.5 Å². The van der Waals surface area contributed by atoms with Crippen molar-refractivity contribution in [3.8, 4) is 11.3 Å². The van der Waals surface area contributed by atoms with Crippen LogP contribution in [0.4, 0.5) is 0 Å². The van der Waals surface area contributed by atoms with Gasteiger partial charge in [0.15, 0.2) is 0 Å². The van der Waals surface area contributed by atoms with E-state index < -0.39 is 7.14 Å². The molecule has 2 heterocycles. The van der Waals surface area contributed by atoms with Crippen molar-refractivity contribution < 1.29 is 24.7 Å². The molecule has 5 heteroatoms. The van der Waals surface area contributed by atoms with Crippen molar-refractivity contribution in [2.75, 3.05) is 0 Å². The molecule has 0 aliphatic carbocycles. The molecule has 8 aromatic carbocycles. The number of hydrogen-bond acceptors (Lipinski definition) is 3. The zero-order valence-electron chi connectivity index (χ0n) is 27.9. The zero-order valence-corrected chi connectivity index (χ0v) is 32.0. The Labute approximate surface area is 320 Å². The Balaban J connectivity index is 0.000000165. The molecule has 10 rings (SSSR count). The first-order chi connectivity index (χ1) is 25.1. The molecule has 0 fully saturated rings. The summed E-state index contributed by atoms with van der Waals surface area (Å²) >= 11 is 1.81. The van der Waals surface area contributed by atoms with Crippen LogP contribution in [0.3, 0.4) is 0 Å². The van der Waals surface area contributed by atoms with Gasteiger partial charge in [0, 0.05) is 41.6 Å². The molecular formula is C47H30IrNOPS-2. The van der Waals surface area contributed by atoms with Crippen LogP contribution in [-0.2, 0) is 24.7 Å². The molecule has 251 valence electrons. The second-order valence-corrected chi connectivity index (χ2v) is 16.3. The first-order valence-corrected chi connectivity index (χ1v) is 19.4. The smallest absolute Gasteiger partial charge is 0.147 e. The summed E-state index contributed by atoms with van der Waals surface area (Å²) in [6, 6.07) is 66.3. The Kier molecular flexibility index (Phi) is 9.41. The molecule has 0 N–H and O–H groups in total. The van der Waals surface area contributed by atoms with Gasteiger partial charge in [-0.15, -0.1) is 40.6 Å². The number of nitrogens with zero attached hydrogens (tertiary/aromatic N) is 1. The first kappa shape index (κ1) is 33.9. The van der Waals surface area contributed by atoms with E-state index in [1.807, 2.05) is 102 Å². The number of hydrogen-bond donors (Lipinski definition) is 0. The van der Waals surface area contributed by atoms with Gasteiger partial charge in [0.25, 0.3) is 0 Å². The topological polar surface area (TPSA) is 30.0 Å². The van der Waals surface area contributed by atoms with E-state index in [1.54, 1.807) is 0 Å². The van der Waals surface area contributed by atoms with Crippen LogP contribution in [0.2, 0.25) is 0 Å². The summed E-state index contributed by atoms with van der Waals surface area (Å²) in [5.41, 5.74) is 2.08. The van der Waals surface area contributed by atoms with Crippen LogP contribution in [-0.4, -0.2) is 4.98 Å². The summed E-state index contributed by atoms with van der Waals surface area (Å²) in [5.74, 6) is 0. The Morgan fingerprint density at radius 2 is 1.10 bits per heavy atom. The van der Waals surface area contributed by atoms with Crippen molar-refractivity contribution in [2.24, 2.45) is 0 Å². The van der Waals surface area contributed by atoms with Crippen LogP contribution in [0.5, 0.6) is 0 Å². The Morgan fingerprint density at radius 3 is 1.75 bits per heavy atom. The average Bonchev–Trinajstić information content (AvgIpc) is 3.59. The fourth-order valence-electron chi connectivity index (χ4n) is 6.86. The van der Waals surface area contributed by atoms with E-state index >= 15 is 4.57 Å². The molecule has 0 saturated heterocycles. The third-order valence-corrected chi connectivity index (χ3v) is 13.6. The third kappa shape index (κ3) is 6.19. The minimum absolute atomic E-state index is 0. The molecule has 0 atom stereocenters. The van der Waals surface area contributed by atoms with Gasteiger partial charge in [-0.2, -0.15) is 29.5 Å². The Hall–Kier alpha value is -5.21. The van der Waals surface area contributed by atoms with Gasteiger partial charge in [0.1, 0.15) is 7.14 Å². The first-order valence-electron chi connectivity index (χ1n) is 16.9. The number of rotatable bonds is 4. The molecule has 2 nitrogen and oxygen atoms in total. The summed E-state index contributed by atoms with van der Waals surface area (Å²) in [4.78, 5) is 4.44. The molecule has 52 heavy (non-hydrogen) atoms. The summed E-state index contributed by atoms with van der Waals surface area (Å²) in [5, 5.41) is 11.6. The maximum absolute atomic E-state index is 15.1. The van der Waals surface area contributed by atoms with Crippen LogP contribution in [0.15, 0.2) is 182 Å². The van der Waals surface area contributed by atoms with Crippen LogP contribution < -0.4 is 15.9 Å². The van der Waals surface area contributed by atoms with Gasteiger partial charge in [-0.25, -0.2) is 0 Å². The second-order valence-electron chi connectivity index (χ2n) is 12.5. The van der Waals surface area contributed by atoms with Crippen LogP contribution in [0.1, 0.15) is 0 Å². The molecule has 0 amide bonds. The largest absolute Gasteiger partial charge is 0.311 e. The van der Waals surface area contributed by atoms with E-state index in [-0.39, 0.29) is 20.1 Å². The Bertz CT molecular complexity index is 2720. The van der Waals surface area contributed by atoms with Gasteiger partial charge < -0.3 is 9.55 Å². The molecule has 0 saturated carbocycles. The van der Waals surface area contributed by atoms with Gasteiger partial charge in [-0.1, -0.05) is 132 Å². The SMILES string of the molecule is O=P(c1[c-]cc2ccccc2c1)(c1ccc2ccccc2c1)c1ccc2ccccc2c1.[Ir].[c-]1ccc2c(sc3ccccc32)c1-c1ccccn1. The van der Waals surface area contributed by atoms with Crippen molar-refractivity contribution in [3.63, 3.8) is 0 Å². The predicted molar refractivity (Wildman–Crippen MR) is 219 cm³/mol. The van der Waals surface area contributed by atoms with Gasteiger partial charge in [-0.3, -0.25) is 0 Å². The van der Waals surface area contributed by atoms with E-state index in [1.165, 1.54) is 20.2 Å². The van der Waals surface area contributed by atoms with Gasteiger partial charge >= 0.3 is 0 Å². The van der Waals surface area contributed by atoms with Crippen molar-refractivity contribution in [3.05, 3.63) is 194 Å². The van der Waals surface area contributed by atoms with E-state index in [4.69, 9.17) is 0 Å². The van der Waals surface area contributed by atoms with Crippen LogP contribution in [0, 0.1) is 12.1 Å². The minimum Gasteiger partial charge on any atom is -0.311 e. The fraction of sp³-hybridized carbons (Fsp3) is 0. The molecular weight excluding hydrogens is 850 g/mol. The number of thiophene rings is 1. The summed E-state index contributed by atoms with van der Waals surface area (Å²) in [6.07, 6.45) is 1.83. The van der Waals surface area contributed by atoms with Crippen LogP contribution >= 0.6 is 18.5 Å². The zero-order chi connectivity index (χ0) is 34.2. The second kappa shape index (κ2) is 14.4. The monoisotopic (exact) mass is 880 g/mol. The van der Waals surface area contributed by atoms with E-state index in [9.17, 15) is 0 Å². The van der Waals surface area contributed by atoms with Gasteiger partial charge in [0.05, 0.1) is 0 Å². The molecule has 0 spiro atoms. The number of fused-ring (bicyclic) bond motifs is 6. The van der Waals surface area contributed by atoms with Crippen molar-refractivity contribution in [1.29, 1.82) is 0 Å². The van der Waals surface area contributed by atoms with Crippen molar-refractivity contribution in [2.45, 2.75) is 0 Å². The maximum atomic E-state index is 15.1. The van der Waals surface area contributed by atoms with Gasteiger partial charge in [0.2, 0.25) is 0 Å². The summed E-state index contributed by atoms with van der Waals surface area (Å²) in [7, 11) is -3.15. The molecule has 0 bridgehead atoms. The summed E-state index contributed by atoms with van der Waals surface area (Å²) < 4.78 is 17.7. The van der Waals surface area contributed by atoms with Crippen molar-refractivity contribution in [1.82, 2.24) is 4.98 Å². The average molecular weight is 880 g/mol. The molecule has 1 radical (unpaired) electrons. The number of pyridine rings is 1. The minimum atomic E-state index is -3.15. The number of benzene rings is 8. The van der Waals surface area contributed by atoms with E-state index in [0.29, 0.717) is 0 Å². The quantitative estimate of drug-likeness (QED) is 0.130. The predicted octanol–water partition coefficient (Wildman–Crippen LogP) is 11.5. The summed E-state index contributed by atoms with van der Waals surface area (Å²) in [6.45, 7) is 0. The number of aromatic nitrogens is 1. The van der Waals surface area contributed by atoms with Crippen LogP contribution in [0.25, 0.3) is 63.7 Å². The fourth-order valence-corrected chi connectivity index (χ4v) is 10.7. The third-order valence-electron chi connectivity index (χ3n) is 9.46. The Morgan fingerprint density at radius 1 is 0.519 bits per heavy atom. The normalized spacial score (nSPS) is 11.4. The van der Waals surface area contributed by atoms with Gasteiger partial charge in [-0.05, 0) is 61.6 Å². The molecule has 0 aliphatic heterocycles. The molecule has 10 aromatic rings. The molecule has 0 aliphatic rings. The van der Waals surface area contributed by atoms with Crippen molar-refractivity contribution >= 4 is 86.9 Å². The van der Waals surface area contributed by atoms with E-state index in [2.05, 4.69) is 108 Å². The maximum Gasteiger partial charge on any atom is 0.147 e. The molecule has 2 aromatic heterocycles.